The van der Waals surface area contributed by atoms with Gasteiger partial charge in [-0.05, 0) is 35.4 Å². The van der Waals surface area contributed by atoms with Gasteiger partial charge in [0.25, 0.3) is 0 Å². The van der Waals surface area contributed by atoms with E-state index in [0.717, 1.165) is 11.1 Å². The Hall–Kier alpha value is -4.74. The first-order valence-corrected chi connectivity index (χ1v) is 17.1. The molecule has 8 bridgehead atoms. The molecule has 2 aliphatic carbocycles. The van der Waals surface area contributed by atoms with E-state index in [1.807, 2.05) is 72.8 Å². The Kier molecular flexibility index (Phi) is 6.80. The van der Waals surface area contributed by atoms with Crippen molar-refractivity contribution in [2.75, 3.05) is 26.4 Å². The highest BCUT2D eigenvalue weighted by molar-refractivity contribution is 5.80. The van der Waals surface area contributed by atoms with E-state index < -0.39 is 96.3 Å². The van der Waals surface area contributed by atoms with Crippen LogP contribution < -0.4 is 9.47 Å². The second-order valence-corrected chi connectivity index (χ2v) is 14.6. The second kappa shape index (κ2) is 10.9. The van der Waals surface area contributed by atoms with Gasteiger partial charge in [-0.2, -0.15) is 0 Å². The summed E-state index contributed by atoms with van der Waals surface area (Å²) >= 11 is 0. The number of rotatable bonds is 8. The summed E-state index contributed by atoms with van der Waals surface area (Å²) in [5.74, 6) is -0.496. The Morgan fingerprint density at radius 3 is 0.980 bits per heavy atom. The third kappa shape index (κ3) is 3.38. The van der Waals surface area contributed by atoms with E-state index in [9.17, 15) is 30.0 Å². The van der Waals surface area contributed by atoms with Gasteiger partial charge in [-0.15, -0.1) is 0 Å². The van der Waals surface area contributed by atoms with Crippen LogP contribution in [0.15, 0.2) is 121 Å². The molecule has 2 saturated carbocycles. The van der Waals surface area contributed by atoms with Crippen LogP contribution in [0.4, 0.5) is 9.59 Å². The number of hydrogen-bond acceptors (Lipinski definition) is 8. The average molecular weight is 675 g/mol. The maximum atomic E-state index is 14.7. The Morgan fingerprint density at radius 1 is 0.460 bits per heavy atom. The van der Waals surface area contributed by atoms with E-state index in [1.54, 1.807) is 58.3 Å². The molecule has 4 aromatic carbocycles. The van der Waals surface area contributed by atoms with E-state index in [1.165, 1.54) is 0 Å². The van der Waals surface area contributed by atoms with E-state index in [4.69, 9.17) is 9.47 Å². The molecule has 256 valence electrons. The van der Waals surface area contributed by atoms with Crippen LogP contribution in [0, 0.1) is 21.7 Å². The lowest BCUT2D eigenvalue weighted by atomic mass is 9.16. The Bertz CT molecular complexity index is 1720. The van der Waals surface area contributed by atoms with E-state index >= 15 is 0 Å². The van der Waals surface area contributed by atoms with Gasteiger partial charge in [0.1, 0.15) is 11.5 Å². The minimum atomic E-state index is -1.26. The number of amides is 2. The summed E-state index contributed by atoms with van der Waals surface area (Å²) in [7, 11) is 0. The molecule has 6 aliphatic rings. The topological polar surface area (TPSA) is 140 Å². The highest BCUT2D eigenvalue weighted by Gasteiger charge is 3.01. The smallest absolute Gasteiger partial charge is 0.410 e. The number of para-hydroxylation sites is 2. The molecule has 0 atom stereocenters. The molecule has 4 aliphatic heterocycles. The van der Waals surface area contributed by atoms with Crippen molar-refractivity contribution < 1.29 is 39.5 Å². The molecule has 6 fully saturated rings. The number of ether oxygens (including phenoxy) is 2. The SMILES string of the molecule is O=C(Oc1ccccc1)N1C2C3(CO)C(c4ccccc4)C4(CO)C1C1(CO)C(c5ccccc5)C2(CO)C3N(C(=O)Oc2ccccc2)C41. The molecule has 4 N–H and O–H groups in total. The summed E-state index contributed by atoms with van der Waals surface area (Å²) in [6.45, 7) is -1.88. The van der Waals surface area contributed by atoms with Crippen molar-refractivity contribution in [1.29, 1.82) is 0 Å². The Morgan fingerprint density at radius 2 is 0.720 bits per heavy atom. The quantitative estimate of drug-likeness (QED) is 0.220. The zero-order valence-electron chi connectivity index (χ0n) is 27.2. The number of aliphatic hydroxyl groups is 4. The molecule has 50 heavy (non-hydrogen) atoms. The zero-order chi connectivity index (χ0) is 34.5. The molecule has 4 aromatic rings. The fourth-order valence-electron chi connectivity index (χ4n) is 12.3. The number of carbonyl (C=O) groups is 2. The molecular weight excluding hydrogens is 636 g/mol. The van der Waals surface area contributed by atoms with Crippen LogP contribution in [0.2, 0.25) is 0 Å². The number of nitrogens with zero attached hydrogens (tertiary/aromatic N) is 2. The molecule has 4 heterocycles. The average Bonchev–Trinajstić information content (AvgIpc) is 3.14. The highest BCUT2D eigenvalue weighted by Crippen LogP contribution is 2.91. The number of aliphatic hydroxyl groups excluding tert-OH is 4. The van der Waals surface area contributed by atoms with Gasteiger partial charge in [0, 0.05) is 33.5 Å². The van der Waals surface area contributed by atoms with Crippen LogP contribution in [0.25, 0.3) is 0 Å². The largest absolute Gasteiger partial charge is 0.415 e. The normalized spacial score (nSPS) is 36.7. The van der Waals surface area contributed by atoms with Crippen LogP contribution >= 0.6 is 0 Å². The maximum Gasteiger partial charge on any atom is 0.415 e. The van der Waals surface area contributed by atoms with Crippen LogP contribution in [0.5, 0.6) is 11.5 Å². The lowest BCUT2D eigenvalue weighted by molar-refractivity contribution is -0.474. The predicted molar refractivity (Wildman–Crippen MR) is 180 cm³/mol. The third-order valence-corrected chi connectivity index (χ3v) is 13.0. The Labute approximate surface area is 289 Å². The van der Waals surface area contributed by atoms with Crippen LogP contribution in [0.3, 0.4) is 0 Å². The molecule has 2 amide bonds. The summed E-state index contributed by atoms with van der Waals surface area (Å²) in [5, 5.41) is 47.5. The lowest BCUT2D eigenvalue weighted by Crippen LogP contribution is -3.08. The first-order valence-electron chi connectivity index (χ1n) is 17.1. The van der Waals surface area contributed by atoms with Crippen molar-refractivity contribution in [3.63, 3.8) is 0 Å². The van der Waals surface area contributed by atoms with E-state index in [-0.39, 0.29) is 0 Å². The standard InChI is InChI=1S/C40H38N2O8/c43-21-37-29(25-13-5-1-6-14-25)38(22-44)32-40(24-46)30(26-15-7-2-8-16-26)39(23-45,31(37)41(32)35(47)49-27-17-9-3-10-18-27)33(37)42(34(38)40)36(48)50-28-19-11-4-12-20-28/h1-20,29-34,43-46H,21-24H2. The second-order valence-electron chi connectivity index (χ2n) is 14.6. The zero-order valence-corrected chi connectivity index (χ0v) is 27.2. The number of hydrogen-bond donors (Lipinski definition) is 4. The van der Waals surface area contributed by atoms with E-state index in [0.29, 0.717) is 11.5 Å². The number of carbonyl (C=O) groups excluding carboxylic acids is 2. The predicted octanol–water partition coefficient (Wildman–Crippen LogP) is 4.01. The minimum absolute atomic E-state index is 0.313. The molecule has 0 unspecified atom stereocenters. The highest BCUT2D eigenvalue weighted by atomic mass is 16.6. The first kappa shape index (κ1) is 31.3. The van der Waals surface area contributed by atoms with Gasteiger partial charge in [-0.25, -0.2) is 9.59 Å². The van der Waals surface area contributed by atoms with Crippen LogP contribution in [-0.2, 0) is 0 Å². The fraction of sp³-hybridized carbons (Fsp3) is 0.350. The molecular formula is C40H38N2O8. The summed E-state index contributed by atoms with van der Waals surface area (Å²) in [5.41, 5.74) is -3.38. The van der Waals surface area contributed by atoms with Gasteiger partial charge in [-0.3, -0.25) is 9.80 Å². The van der Waals surface area contributed by atoms with Gasteiger partial charge >= 0.3 is 12.2 Å². The molecule has 0 aromatic heterocycles. The summed E-state index contributed by atoms with van der Waals surface area (Å²) in [4.78, 5) is 32.6. The van der Waals surface area contributed by atoms with Gasteiger partial charge in [-0.1, -0.05) is 97.1 Å². The van der Waals surface area contributed by atoms with Gasteiger partial charge in [0.05, 0.1) is 50.6 Å². The fourth-order valence-corrected chi connectivity index (χ4v) is 12.3. The van der Waals surface area contributed by atoms with Gasteiger partial charge in [0.15, 0.2) is 0 Å². The summed E-state index contributed by atoms with van der Waals surface area (Å²) in [6, 6.07) is 33.0. The van der Waals surface area contributed by atoms with Crippen molar-refractivity contribution >= 4 is 12.2 Å². The van der Waals surface area contributed by atoms with Crippen molar-refractivity contribution in [1.82, 2.24) is 9.80 Å². The van der Waals surface area contributed by atoms with Crippen molar-refractivity contribution in [2.45, 2.75) is 36.0 Å². The Balaban J connectivity index is 1.33. The molecule has 0 radical (unpaired) electrons. The monoisotopic (exact) mass is 674 g/mol. The summed E-state index contributed by atoms with van der Waals surface area (Å²) < 4.78 is 12.1. The molecule has 10 heteroatoms. The first-order chi connectivity index (χ1) is 24.4. The van der Waals surface area contributed by atoms with Gasteiger partial charge < -0.3 is 29.9 Å². The molecule has 0 spiro atoms. The van der Waals surface area contributed by atoms with Crippen LogP contribution in [-0.4, -0.2) is 93.0 Å². The van der Waals surface area contributed by atoms with E-state index in [2.05, 4.69) is 0 Å². The number of piperidine rings is 4. The van der Waals surface area contributed by atoms with Gasteiger partial charge in [0.2, 0.25) is 0 Å². The molecule has 10 rings (SSSR count). The minimum Gasteiger partial charge on any atom is -0.410 e. The third-order valence-electron chi connectivity index (χ3n) is 13.0. The molecule has 4 saturated heterocycles. The molecule has 10 nitrogen and oxygen atoms in total. The maximum absolute atomic E-state index is 14.7. The summed E-state index contributed by atoms with van der Waals surface area (Å²) in [6.07, 6.45) is -1.40. The van der Waals surface area contributed by atoms with Crippen molar-refractivity contribution in [3.05, 3.63) is 132 Å². The number of benzene rings is 4. The lowest BCUT2D eigenvalue weighted by Gasteiger charge is -2.97. The van der Waals surface area contributed by atoms with Crippen molar-refractivity contribution in [3.8, 4) is 11.5 Å². The van der Waals surface area contributed by atoms with Crippen LogP contribution in [0.1, 0.15) is 23.0 Å². The van der Waals surface area contributed by atoms with Crippen molar-refractivity contribution in [2.24, 2.45) is 21.7 Å².